The first-order chi connectivity index (χ1) is 10.3. The summed E-state index contributed by atoms with van der Waals surface area (Å²) in [6.45, 7) is 5.77. The van der Waals surface area contributed by atoms with E-state index in [0.717, 1.165) is 23.0 Å². The highest BCUT2D eigenvalue weighted by molar-refractivity contribution is 5.94. The van der Waals surface area contributed by atoms with E-state index in [0.29, 0.717) is 6.42 Å². The van der Waals surface area contributed by atoms with Gasteiger partial charge in [-0.25, -0.2) is 4.39 Å². The average Bonchev–Trinajstić information content (AvgIpc) is 2.65. The lowest BCUT2D eigenvalue weighted by Gasteiger charge is -2.14. The number of halogens is 1. The Labute approximate surface area is 128 Å². The van der Waals surface area contributed by atoms with E-state index < -0.39 is 11.7 Å². The van der Waals surface area contributed by atoms with Gasteiger partial charge in [-0.15, -0.1) is 0 Å². The van der Waals surface area contributed by atoms with Crippen molar-refractivity contribution < 1.29 is 14.3 Å². The van der Waals surface area contributed by atoms with Crippen molar-refractivity contribution in [2.75, 3.05) is 0 Å². The van der Waals surface area contributed by atoms with Gasteiger partial charge in [0.25, 0.3) is 5.91 Å². The minimum Gasteiger partial charge on any atom is -0.508 e. The maximum atomic E-state index is 13.7. The van der Waals surface area contributed by atoms with Crippen molar-refractivity contribution >= 4 is 5.91 Å². The summed E-state index contributed by atoms with van der Waals surface area (Å²) in [5.74, 6) is -1.44. The number of nitrogens with one attached hydrogen (secondary N) is 1. The predicted octanol–water partition coefficient (Wildman–Crippen LogP) is 2.24. The summed E-state index contributed by atoms with van der Waals surface area (Å²) in [4.78, 5) is 12.1. The minimum absolute atomic E-state index is 0.0794. The van der Waals surface area contributed by atoms with Crippen LogP contribution in [0.5, 0.6) is 5.75 Å². The van der Waals surface area contributed by atoms with Crippen LogP contribution in [-0.4, -0.2) is 26.8 Å². The summed E-state index contributed by atoms with van der Waals surface area (Å²) in [6, 6.07) is 3.32. The second-order valence-corrected chi connectivity index (χ2v) is 5.52. The molecule has 0 radical (unpaired) electrons. The summed E-state index contributed by atoms with van der Waals surface area (Å²) in [7, 11) is 1.88. The van der Waals surface area contributed by atoms with Gasteiger partial charge in [0.2, 0.25) is 0 Å². The molecule has 0 saturated heterocycles. The molecule has 1 amide bonds. The molecule has 2 N–H and O–H groups in total. The van der Waals surface area contributed by atoms with Crippen molar-refractivity contribution in [2.45, 2.75) is 33.2 Å². The van der Waals surface area contributed by atoms with Crippen molar-refractivity contribution in [3.05, 3.63) is 46.5 Å². The number of rotatable bonds is 4. The van der Waals surface area contributed by atoms with E-state index >= 15 is 0 Å². The Morgan fingerprint density at radius 2 is 2.14 bits per heavy atom. The molecule has 0 bridgehead atoms. The molecule has 0 saturated carbocycles. The number of aromatic hydroxyl groups is 1. The minimum atomic E-state index is -0.738. The third-order valence-corrected chi connectivity index (χ3v) is 3.74. The first-order valence-corrected chi connectivity index (χ1v) is 7.08. The van der Waals surface area contributed by atoms with Gasteiger partial charge in [-0.05, 0) is 44.9 Å². The Balaban J connectivity index is 2.08. The predicted molar refractivity (Wildman–Crippen MR) is 81.4 cm³/mol. The van der Waals surface area contributed by atoms with Crippen molar-refractivity contribution in [3.8, 4) is 5.75 Å². The third kappa shape index (κ3) is 3.27. The van der Waals surface area contributed by atoms with Crippen LogP contribution in [0.15, 0.2) is 18.2 Å². The molecule has 1 aromatic carbocycles. The van der Waals surface area contributed by atoms with Gasteiger partial charge in [0.15, 0.2) is 0 Å². The summed E-state index contributed by atoms with van der Waals surface area (Å²) >= 11 is 0. The van der Waals surface area contributed by atoms with Crippen LogP contribution in [-0.2, 0) is 13.5 Å². The summed E-state index contributed by atoms with van der Waals surface area (Å²) in [5, 5.41) is 16.3. The van der Waals surface area contributed by atoms with Crippen molar-refractivity contribution in [2.24, 2.45) is 7.05 Å². The number of benzene rings is 1. The van der Waals surface area contributed by atoms with Crippen molar-refractivity contribution in [1.29, 1.82) is 0 Å². The molecule has 1 heterocycles. The molecular weight excluding hydrogens is 285 g/mol. The van der Waals surface area contributed by atoms with E-state index in [1.807, 2.05) is 27.8 Å². The van der Waals surface area contributed by atoms with E-state index in [9.17, 15) is 14.3 Å². The van der Waals surface area contributed by atoms with Gasteiger partial charge in [0.1, 0.15) is 11.6 Å². The normalized spacial score (nSPS) is 12.2. The van der Waals surface area contributed by atoms with Crippen LogP contribution in [0, 0.1) is 19.7 Å². The largest absolute Gasteiger partial charge is 0.508 e. The highest BCUT2D eigenvalue weighted by Gasteiger charge is 2.17. The van der Waals surface area contributed by atoms with Crippen molar-refractivity contribution in [1.82, 2.24) is 15.1 Å². The molecule has 0 aliphatic heterocycles. The van der Waals surface area contributed by atoms with Crippen LogP contribution in [0.4, 0.5) is 4.39 Å². The number of amides is 1. The number of aryl methyl sites for hydroxylation is 2. The van der Waals surface area contributed by atoms with Crippen LogP contribution < -0.4 is 5.32 Å². The molecule has 0 spiro atoms. The van der Waals surface area contributed by atoms with Crippen molar-refractivity contribution in [3.63, 3.8) is 0 Å². The van der Waals surface area contributed by atoms with Crippen LogP contribution in [0.2, 0.25) is 0 Å². The topological polar surface area (TPSA) is 67.2 Å². The average molecular weight is 305 g/mol. The van der Waals surface area contributed by atoms with Crippen LogP contribution in [0.25, 0.3) is 0 Å². The number of nitrogens with zero attached hydrogens (tertiary/aromatic N) is 2. The molecule has 22 heavy (non-hydrogen) atoms. The number of hydrogen-bond donors (Lipinski definition) is 2. The van der Waals surface area contributed by atoms with Gasteiger partial charge < -0.3 is 10.4 Å². The Hall–Kier alpha value is -2.37. The summed E-state index contributed by atoms with van der Waals surface area (Å²) < 4.78 is 15.5. The highest BCUT2D eigenvalue weighted by atomic mass is 19.1. The van der Waals surface area contributed by atoms with E-state index in [1.54, 1.807) is 4.68 Å². The van der Waals surface area contributed by atoms with E-state index in [-0.39, 0.29) is 17.4 Å². The Morgan fingerprint density at radius 3 is 2.68 bits per heavy atom. The zero-order valence-electron chi connectivity index (χ0n) is 13.1. The lowest BCUT2D eigenvalue weighted by atomic mass is 10.0. The molecule has 2 aromatic rings. The van der Waals surface area contributed by atoms with Gasteiger partial charge in [-0.2, -0.15) is 5.10 Å². The Bertz CT molecular complexity index is 710. The maximum absolute atomic E-state index is 13.7. The molecule has 118 valence electrons. The highest BCUT2D eigenvalue weighted by Crippen LogP contribution is 2.17. The zero-order chi connectivity index (χ0) is 16.4. The second kappa shape index (κ2) is 6.17. The smallest absolute Gasteiger partial charge is 0.254 e. The quantitative estimate of drug-likeness (QED) is 0.910. The summed E-state index contributed by atoms with van der Waals surface area (Å²) in [5.41, 5.74) is 2.98. The lowest BCUT2D eigenvalue weighted by Crippen LogP contribution is -2.34. The van der Waals surface area contributed by atoms with Gasteiger partial charge in [0.05, 0.1) is 11.3 Å². The molecule has 0 aliphatic carbocycles. The molecule has 1 atom stereocenters. The molecule has 5 nitrogen and oxygen atoms in total. The lowest BCUT2D eigenvalue weighted by molar-refractivity contribution is 0.0936. The monoisotopic (exact) mass is 305 g/mol. The van der Waals surface area contributed by atoms with Crippen LogP contribution >= 0.6 is 0 Å². The number of aromatic nitrogens is 2. The van der Waals surface area contributed by atoms with Crippen LogP contribution in [0.1, 0.15) is 34.2 Å². The molecule has 1 aromatic heterocycles. The molecule has 0 aliphatic rings. The fourth-order valence-corrected chi connectivity index (χ4v) is 2.46. The number of carbonyl (C=O) groups is 1. The second-order valence-electron chi connectivity index (χ2n) is 5.52. The first-order valence-electron chi connectivity index (χ1n) is 7.08. The van der Waals surface area contributed by atoms with E-state index in [1.165, 1.54) is 12.1 Å². The number of phenolic OH excluding ortho intramolecular Hbond substituents is 1. The Kier molecular flexibility index (Phi) is 4.49. The Morgan fingerprint density at radius 1 is 1.45 bits per heavy atom. The molecule has 6 heteroatoms. The fourth-order valence-electron chi connectivity index (χ4n) is 2.46. The zero-order valence-corrected chi connectivity index (χ0v) is 13.1. The third-order valence-electron chi connectivity index (χ3n) is 3.74. The number of phenols is 1. The first kappa shape index (κ1) is 16.0. The van der Waals surface area contributed by atoms with E-state index in [4.69, 9.17) is 0 Å². The molecule has 0 fully saturated rings. The molecule has 0 unspecified atom stereocenters. The van der Waals surface area contributed by atoms with Gasteiger partial charge in [-0.3, -0.25) is 9.48 Å². The van der Waals surface area contributed by atoms with Gasteiger partial charge in [-0.1, -0.05) is 0 Å². The standard InChI is InChI=1S/C16H20FN3O2/c1-9(7-14-10(2)19-20(4)11(14)3)18-16(22)13-6-5-12(21)8-15(13)17/h5-6,8-9,21H,7H2,1-4H3,(H,18,22)/t9-/m0/s1. The maximum Gasteiger partial charge on any atom is 0.254 e. The van der Waals surface area contributed by atoms with E-state index in [2.05, 4.69) is 10.4 Å². The molecule has 2 rings (SSSR count). The van der Waals surface area contributed by atoms with Gasteiger partial charge >= 0.3 is 0 Å². The van der Waals surface area contributed by atoms with Gasteiger partial charge in [0, 0.05) is 24.8 Å². The summed E-state index contributed by atoms with van der Waals surface area (Å²) in [6.07, 6.45) is 0.622. The number of hydrogen-bond acceptors (Lipinski definition) is 3. The SMILES string of the molecule is Cc1nn(C)c(C)c1C[C@H](C)NC(=O)c1ccc(O)cc1F. The molecular formula is C16H20FN3O2. The fraction of sp³-hybridized carbons (Fsp3) is 0.375. The van der Waals surface area contributed by atoms with Crippen LogP contribution in [0.3, 0.4) is 0 Å². The number of carbonyl (C=O) groups excluding carboxylic acids is 1.